The number of nitrogens with two attached hydrogens (primary N) is 1. The first-order valence-corrected chi connectivity index (χ1v) is 8.35. The third-order valence-corrected chi connectivity index (χ3v) is 5.39. The fraction of sp³-hybridized carbons (Fsp3) is 0.500. The van der Waals surface area contributed by atoms with Gasteiger partial charge in [-0.2, -0.15) is 5.10 Å². The Kier molecular flexibility index (Phi) is 5.19. The second-order valence-corrected chi connectivity index (χ2v) is 6.50. The van der Waals surface area contributed by atoms with Crippen LogP contribution in [0.25, 0.3) is 0 Å². The number of hydrogen-bond acceptors (Lipinski definition) is 3. The molecule has 2 N–H and O–H groups in total. The van der Waals surface area contributed by atoms with E-state index < -0.39 is 0 Å². The van der Waals surface area contributed by atoms with Gasteiger partial charge in [-0.05, 0) is 46.3 Å². The number of halogens is 1. The summed E-state index contributed by atoms with van der Waals surface area (Å²) in [7, 11) is 0. The van der Waals surface area contributed by atoms with E-state index in [1.54, 1.807) is 11.3 Å². The Hall–Kier alpha value is -0.650. The predicted octanol–water partition coefficient (Wildman–Crippen LogP) is 4.31. The average molecular weight is 342 g/mol. The molecule has 0 amide bonds. The first kappa shape index (κ1) is 14.8. The molecule has 2 rings (SSSR count). The van der Waals surface area contributed by atoms with Crippen LogP contribution in [0.4, 0.5) is 0 Å². The van der Waals surface area contributed by atoms with Gasteiger partial charge in [-0.25, -0.2) is 0 Å². The van der Waals surface area contributed by atoms with Gasteiger partial charge in [0.15, 0.2) is 0 Å². The number of nitrogens with zero attached hydrogens (tertiary/aromatic N) is 2. The van der Waals surface area contributed by atoms with Gasteiger partial charge in [-0.3, -0.25) is 4.68 Å². The first-order chi connectivity index (χ1) is 9.15. The SMILES string of the molecule is CCC(CC)n1ccc(CC(N)c2sccc2Br)n1. The molecule has 1 unspecified atom stereocenters. The fourth-order valence-corrected chi connectivity index (χ4v) is 3.91. The molecule has 104 valence electrons. The molecule has 19 heavy (non-hydrogen) atoms. The van der Waals surface area contributed by atoms with E-state index in [1.165, 1.54) is 4.88 Å². The smallest absolute Gasteiger partial charge is 0.0643 e. The third kappa shape index (κ3) is 3.46. The van der Waals surface area contributed by atoms with Crippen LogP contribution in [0.1, 0.15) is 49.3 Å². The zero-order chi connectivity index (χ0) is 13.8. The molecule has 0 aromatic carbocycles. The Labute approximate surface area is 126 Å². The Balaban J connectivity index is 2.06. The molecule has 0 aliphatic heterocycles. The molecule has 0 spiro atoms. The van der Waals surface area contributed by atoms with E-state index in [0.29, 0.717) is 6.04 Å². The highest BCUT2D eigenvalue weighted by Crippen LogP contribution is 2.29. The predicted molar refractivity (Wildman–Crippen MR) is 84.5 cm³/mol. The van der Waals surface area contributed by atoms with E-state index in [-0.39, 0.29) is 6.04 Å². The molecule has 0 bridgehead atoms. The van der Waals surface area contributed by atoms with Crippen LogP contribution in [0.5, 0.6) is 0 Å². The summed E-state index contributed by atoms with van der Waals surface area (Å²) < 4.78 is 3.18. The number of rotatable bonds is 6. The minimum absolute atomic E-state index is 0.0134. The maximum Gasteiger partial charge on any atom is 0.0643 e. The van der Waals surface area contributed by atoms with Crippen LogP contribution in [-0.2, 0) is 6.42 Å². The van der Waals surface area contributed by atoms with Crippen LogP contribution in [-0.4, -0.2) is 9.78 Å². The zero-order valence-corrected chi connectivity index (χ0v) is 13.7. The van der Waals surface area contributed by atoms with Gasteiger partial charge >= 0.3 is 0 Å². The van der Waals surface area contributed by atoms with Crippen molar-refractivity contribution in [1.29, 1.82) is 0 Å². The monoisotopic (exact) mass is 341 g/mol. The third-order valence-electron chi connectivity index (χ3n) is 3.39. The number of thiophene rings is 1. The highest BCUT2D eigenvalue weighted by atomic mass is 79.9. The van der Waals surface area contributed by atoms with Gasteiger partial charge in [0.1, 0.15) is 0 Å². The van der Waals surface area contributed by atoms with Crippen LogP contribution < -0.4 is 5.73 Å². The lowest BCUT2D eigenvalue weighted by Crippen LogP contribution is -2.14. The van der Waals surface area contributed by atoms with E-state index in [0.717, 1.165) is 29.4 Å². The standard InChI is InChI=1S/C14H20BrN3S/c1-3-11(4-2)18-7-5-10(17-18)9-13(16)14-12(15)6-8-19-14/h5-8,11,13H,3-4,9,16H2,1-2H3. The van der Waals surface area contributed by atoms with Crippen molar-refractivity contribution >= 4 is 27.3 Å². The Morgan fingerprint density at radius 1 is 1.37 bits per heavy atom. The van der Waals surface area contributed by atoms with Crippen molar-refractivity contribution in [2.45, 2.75) is 45.2 Å². The highest BCUT2D eigenvalue weighted by molar-refractivity contribution is 9.10. The van der Waals surface area contributed by atoms with Crippen LogP contribution in [0, 0.1) is 0 Å². The Bertz CT molecular complexity index is 516. The van der Waals surface area contributed by atoms with Crippen LogP contribution in [0.3, 0.4) is 0 Å². The van der Waals surface area contributed by atoms with E-state index >= 15 is 0 Å². The molecular formula is C14H20BrN3S. The van der Waals surface area contributed by atoms with Gasteiger partial charge in [0, 0.05) is 28.0 Å². The summed E-state index contributed by atoms with van der Waals surface area (Å²) in [6.07, 6.45) is 5.08. The summed E-state index contributed by atoms with van der Waals surface area (Å²) in [6, 6.07) is 4.64. The lowest BCUT2D eigenvalue weighted by molar-refractivity contribution is 0.424. The topological polar surface area (TPSA) is 43.8 Å². The summed E-state index contributed by atoms with van der Waals surface area (Å²) in [5.41, 5.74) is 7.32. The number of hydrogen-bond donors (Lipinski definition) is 1. The van der Waals surface area contributed by atoms with Crippen molar-refractivity contribution < 1.29 is 0 Å². The van der Waals surface area contributed by atoms with E-state index in [9.17, 15) is 0 Å². The van der Waals surface area contributed by atoms with Gasteiger partial charge in [-0.15, -0.1) is 11.3 Å². The summed E-state index contributed by atoms with van der Waals surface area (Å²) in [5, 5.41) is 6.72. The number of aromatic nitrogens is 2. The first-order valence-electron chi connectivity index (χ1n) is 6.68. The molecule has 0 saturated carbocycles. The molecule has 0 aliphatic carbocycles. The molecule has 0 aliphatic rings. The van der Waals surface area contributed by atoms with E-state index in [2.05, 4.69) is 57.2 Å². The molecule has 3 nitrogen and oxygen atoms in total. The van der Waals surface area contributed by atoms with Crippen molar-refractivity contribution in [2.75, 3.05) is 0 Å². The summed E-state index contributed by atoms with van der Waals surface area (Å²) in [6.45, 7) is 4.40. The van der Waals surface area contributed by atoms with Crippen molar-refractivity contribution in [3.8, 4) is 0 Å². The van der Waals surface area contributed by atoms with Gasteiger partial charge in [0.05, 0.1) is 11.7 Å². The van der Waals surface area contributed by atoms with Gasteiger partial charge < -0.3 is 5.73 Å². The van der Waals surface area contributed by atoms with E-state index in [1.807, 2.05) is 6.07 Å². The Morgan fingerprint density at radius 3 is 2.68 bits per heavy atom. The zero-order valence-electron chi connectivity index (χ0n) is 11.3. The molecule has 0 radical (unpaired) electrons. The summed E-state index contributed by atoms with van der Waals surface area (Å²) in [5.74, 6) is 0. The summed E-state index contributed by atoms with van der Waals surface area (Å²) >= 11 is 5.23. The molecule has 2 aromatic rings. The second kappa shape index (κ2) is 6.68. The van der Waals surface area contributed by atoms with Gasteiger partial charge in [-0.1, -0.05) is 13.8 Å². The van der Waals surface area contributed by atoms with Crippen molar-refractivity contribution in [3.05, 3.63) is 38.8 Å². The summed E-state index contributed by atoms with van der Waals surface area (Å²) in [4.78, 5) is 1.19. The lowest BCUT2D eigenvalue weighted by atomic mass is 10.1. The highest BCUT2D eigenvalue weighted by Gasteiger charge is 2.14. The van der Waals surface area contributed by atoms with Gasteiger partial charge in [0.25, 0.3) is 0 Å². The van der Waals surface area contributed by atoms with Crippen LogP contribution in [0.15, 0.2) is 28.2 Å². The lowest BCUT2D eigenvalue weighted by Gasteiger charge is -2.13. The molecule has 0 saturated heterocycles. The normalized spacial score (nSPS) is 13.1. The van der Waals surface area contributed by atoms with Crippen molar-refractivity contribution in [1.82, 2.24) is 9.78 Å². The van der Waals surface area contributed by atoms with Crippen LogP contribution >= 0.6 is 27.3 Å². The molecule has 0 fully saturated rings. The van der Waals surface area contributed by atoms with Gasteiger partial charge in [0.2, 0.25) is 0 Å². The van der Waals surface area contributed by atoms with E-state index in [4.69, 9.17) is 5.73 Å². The Morgan fingerprint density at radius 2 is 2.11 bits per heavy atom. The molecule has 2 heterocycles. The average Bonchev–Trinajstić information content (AvgIpc) is 3.00. The molecule has 5 heteroatoms. The van der Waals surface area contributed by atoms with Crippen molar-refractivity contribution in [2.24, 2.45) is 5.73 Å². The maximum absolute atomic E-state index is 6.25. The quantitative estimate of drug-likeness (QED) is 0.850. The minimum Gasteiger partial charge on any atom is -0.323 e. The largest absolute Gasteiger partial charge is 0.323 e. The molecule has 2 aromatic heterocycles. The maximum atomic E-state index is 6.25. The van der Waals surface area contributed by atoms with Crippen molar-refractivity contribution in [3.63, 3.8) is 0 Å². The van der Waals surface area contributed by atoms with Crippen LogP contribution in [0.2, 0.25) is 0 Å². The second-order valence-electron chi connectivity index (χ2n) is 4.70. The molecular weight excluding hydrogens is 322 g/mol. The molecule has 1 atom stereocenters. The fourth-order valence-electron chi connectivity index (χ4n) is 2.24. The minimum atomic E-state index is 0.0134.